The number of nitrogens with one attached hydrogen (secondary N) is 1. The molecule has 27 heavy (non-hydrogen) atoms. The third-order valence-electron chi connectivity index (χ3n) is 4.92. The Morgan fingerprint density at radius 1 is 1.15 bits per heavy atom. The van der Waals surface area contributed by atoms with E-state index in [4.69, 9.17) is 4.74 Å². The SMILES string of the molecule is CCCc1ccc(C2(C)NC(=O)N(Cc3cc(F)ccc3OC)C2=O)cc1. The molecule has 0 aliphatic carbocycles. The van der Waals surface area contributed by atoms with Gasteiger partial charge in [-0.25, -0.2) is 9.18 Å². The number of aryl methyl sites for hydroxylation is 1. The minimum Gasteiger partial charge on any atom is -0.496 e. The van der Waals surface area contributed by atoms with Gasteiger partial charge in [0.2, 0.25) is 0 Å². The monoisotopic (exact) mass is 370 g/mol. The summed E-state index contributed by atoms with van der Waals surface area (Å²) in [5.74, 6) is -0.399. The molecule has 0 saturated carbocycles. The zero-order valence-corrected chi connectivity index (χ0v) is 15.7. The lowest BCUT2D eigenvalue weighted by Crippen LogP contribution is -2.40. The lowest BCUT2D eigenvalue weighted by Gasteiger charge is -2.23. The number of carbonyl (C=O) groups excluding carboxylic acids is 2. The number of carbonyl (C=O) groups is 2. The summed E-state index contributed by atoms with van der Waals surface area (Å²) < 4.78 is 18.8. The first-order chi connectivity index (χ1) is 12.9. The number of benzene rings is 2. The average molecular weight is 370 g/mol. The summed E-state index contributed by atoms with van der Waals surface area (Å²) in [6, 6.07) is 11.2. The van der Waals surface area contributed by atoms with Crippen molar-refractivity contribution in [3.8, 4) is 5.75 Å². The van der Waals surface area contributed by atoms with Crippen LogP contribution in [0.25, 0.3) is 0 Å². The molecule has 6 heteroatoms. The maximum Gasteiger partial charge on any atom is 0.325 e. The van der Waals surface area contributed by atoms with Gasteiger partial charge in [0.15, 0.2) is 0 Å². The first-order valence-electron chi connectivity index (χ1n) is 8.95. The van der Waals surface area contributed by atoms with E-state index in [0.29, 0.717) is 11.3 Å². The molecule has 3 amide bonds. The first-order valence-corrected chi connectivity index (χ1v) is 8.95. The molecule has 2 aromatic carbocycles. The second kappa shape index (κ2) is 7.39. The van der Waals surface area contributed by atoms with E-state index in [9.17, 15) is 14.0 Å². The van der Waals surface area contributed by atoms with Gasteiger partial charge in [-0.3, -0.25) is 9.69 Å². The molecule has 1 aliphatic heterocycles. The minimum atomic E-state index is -1.15. The van der Waals surface area contributed by atoms with E-state index in [-0.39, 0.29) is 12.5 Å². The number of hydrogen-bond donors (Lipinski definition) is 1. The van der Waals surface area contributed by atoms with Crippen molar-refractivity contribution in [3.05, 3.63) is 65.0 Å². The van der Waals surface area contributed by atoms with Gasteiger partial charge >= 0.3 is 6.03 Å². The molecule has 0 aromatic heterocycles. The number of amides is 3. The first kappa shape index (κ1) is 18.9. The van der Waals surface area contributed by atoms with Crippen molar-refractivity contribution >= 4 is 11.9 Å². The number of urea groups is 1. The number of rotatable bonds is 6. The summed E-state index contributed by atoms with van der Waals surface area (Å²) in [6.45, 7) is 3.73. The minimum absolute atomic E-state index is 0.0604. The molecule has 0 spiro atoms. The van der Waals surface area contributed by atoms with E-state index in [1.807, 2.05) is 24.3 Å². The van der Waals surface area contributed by atoms with E-state index in [1.54, 1.807) is 6.92 Å². The van der Waals surface area contributed by atoms with E-state index in [1.165, 1.54) is 30.9 Å². The summed E-state index contributed by atoms with van der Waals surface area (Å²) in [5.41, 5.74) is 1.18. The molecule has 1 heterocycles. The Hall–Kier alpha value is -2.89. The second-order valence-electron chi connectivity index (χ2n) is 6.85. The van der Waals surface area contributed by atoms with E-state index < -0.39 is 17.4 Å². The van der Waals surface area contributed by atoms with Gasteiger partial charge in [0, 0.05) is 5.56 Å². The van der Waals surface area contributed by atoms with Crippen molar-refractivity contribution in [2.24, 2.45) is 0 Å². The fourth-order valence-electron chi connectivity index (χ4n) is 3.37. The summed E-state index contributed by atoms with van der Waals surface area (Å²) in [5, 5.41) is 2.77. The Morgan fingerprint density at radius 2 is 1.85 bits per heavy atom. The van der Waals surface area contributed by atoms with Crippen molar-refractivity contribution in [3.63, 3.8) is 0 Å². The van der Waals surface area contributed by atoms with Gasteiger partial charge in [-0.15, -0.1) is 0 Å². The molecule has 0 bridgehead atoms. The van der Waals surface area contributed by atoms with Gasteiger partial charge in [0.05, 0.1) is 13.7 Å². The molecule has 1 N–H and O–H groups in total. The molecule has 1 atom stereocenters. The molecule has 1 fully saturated rings. The van der Waals surface area contributed by atoms with Crippen LogP contribution in [0.15, 0.2) is 42.5 Å². The Balaban J connectivity index is 1.87. The largest absolute Gasteiger partial charge is 0.496 e. The Morgan fingerprint density at radius 3 is 2.48 bits per heavy atom. The van der Waals surface area contributed by atoms with E-state index in [2.05, 4.69) is 12.2 Å². The predicted molar refractivity (Wildman–Crippen MR) is 99.8 cm³/mol. The number of ether oxygens (including phenoxy) is 1. The van der Waals surface area contributed by atoms with Crippen molar-refractivity contribution in [1.29, 1.82) is 0 Å². The highest BCUT2D eigenvalue weighted by Gasteiger charge is 2.49. The molecule has 1 saturated heterocycles. The number of methoxy groups -OCH3 is 1. The van der Waals surface area contributed by atoms with E-state index in [0.717, 1.165) is 23.3 Å². The van der Waals surface area contributed by atoms with Gasteiger partial charge in [-0.2, -0.15) is 0 Å². The van der Waals surface area contributed by atoms with Crippen LogP contribution in [0, 0.1) is 5.82 Å². The molecule has 3 rings (SSSR count). The van der Waals surface area contributed by atoms with Gasteiger partial charge in [-0.1, -0.05) is 37.6 Å². The smallest absolute Gasteiger partial charge is 0.325 e. The second-order valence-corrected chi connectivity index (χ2v) is 6.85. The zero-order valence-electron chi connectivity index (χ0n) is 15.7. The molecular weight excluding hydrogens is 347 g/mol. The quantitative estimate of drug-likeness (QED) is 0.788. The number of imide groups is 1. The van der Waals surface area contributed by atoms with Crippen LogP contribution in [0.5, 0.6) is 5.75 Å². The molecular formula is C21H23FN2O3. The standard InChI is InChI=1S/C21H23FN2O3/c1-4-5-14-6-8-16(9-7-14)21(2)19(25)24(20(26)23-21)13-15-12-17(22)10-11-18(15)27-3/h6-12H,4-5,13H2,1-3H3,(H,23,26). The third-order valence-corrected chi connectivity index (χ3v) is 4.92. The number of hydrogen-bond acceptors (Lipinski definition) is 3. The van der Waals surface area contributed by atoms with Crippen LogP contribution in [0.1, 0.15) is 37.0 Å². The Bertz CT molecular complexity index is 866. The summed E-state index contributed by atoms with van der Waals surface area (Å²) >= 11 is 0. The van der Waals surface area contributed by atoms with Crippen molar-refractivity contribution in [1.82, 2.24) is 10.2 Å². The number of halogens is 1. The highest BCUT2D eigenvalue weighted by atomic mass is 19.1. The Labute approximate surface area is 158 Å². The summed E-state index contributed by atoms with van der Waals surface area (Å²) in [4.78, 5) is 26.6. The lowest BCUT2D eigenvalue weighted by atomic mass is 9.91. The van der Waals surface area contributed by atoms with Gasteiger partial charge in [-0.05, 0) is 42.7 Å². The molecule has 5 nitrogen and oxygen atoms in total. The molecule has 1 aliphatic rings. The summed E-state index contributed by atoms with van der Waals surface area (Å²) in [7, 11) is 1.46. The van der Waals surface area contributed by atoms with Crippen LogP contribution in [-0.4, -0.2) is 23.9 Å². The van der Waals surface area contributed by atoms with Crippen molar-refractivity contribution in [2.45, 2.75) is 38.8 Å². The van der Waals surface area contributed by atoms with E-state index >= 15 is 0 Å². The third kappa shape index (κ3) is 3.52. The van der Waals surface area contributed by atoms with Crippen LogP contribution < -0.4 is 10.1 Å². The van der Waals surface area contributed by atoms with Crippen LogP contribution in [0.3, 0.4) is 0 Å². The maximum absolute atomic E-state index is 13.6. The summed E-state index contributed by atoms with van der Waals surface area (Å²) in [6.07, 6.45) is 2.00. The van der Waals surface area contributed by atoms with Gasteiger partial charge < -0.3 is 10.1 Å². The highest BCUT2D eigenvalue weighted by Crippen LogP contribution is 2.31. The molecule has 142 valence electrons. The van der Waals surface area contributed by atoms with Crippen LogP contribution in [0.2, 0.25) is 0 Å². The van der Waals surface area contributed by atoms with Crippen LogP contribution in [0.4, 0.5) is 9.18 Å². The van der Waals surface area contributed by atoms with Gasteiger partial charge in [0.25, 0.3) is 5.91 Å². The van der Waals surface area contributed by atoms with Crippen molar-refractivity contribution in [2.75, 3.05) is 7.11 Å². The lowest BCUT2D eigenvalue weighted by molar-refractivity contribution is -0.131. The average Bonchev–Trinajstić information content (AvgIpc) is 2.87. The molecule has 0 radical (unpaired) electrons. The normalized spacial score (nSPS) is 19.3. The predicted octanol–water partition coefficient (Wildman–Crippen LogP) is 3.75. The van der Waals surface area contributed by atoms with Crippen molar-refractivity contribution < 1.29 is 18.7 Å². The van der Waals surface area contributed by atoms with Gasteiger partial charge in [0.1, 0.15) is 17.1 Å². The Kier molecular flexibility index (Phi) is 5.17. The van der Waals surface area contributed by atoms with Crippen LogP contribution >= 0.6 is 0 Å². The molecule has 2 aromatic rings. The topological polar surface area (TPSA) is 58.6 Å². The number of nitrogens with zero attached hydrogens (tertiary/aromatic N) is 1. The fraction of sp³-hybridized carbons (Fsp3) is 0.333. The fourth-order valence-corrected chi connectivity index (χ4v) is 3.37. The zero-order chi connectivity index (χ0) is 19.6. The highest BCUT2D eigenvalue weighted by molar-refractivity contribution is 6.07. The molecule has 1 unspecified atom stereocenters. The van der Waals surface area contributed by atoms with Crippen LogP contribution in [-0.2, 0) is 23.3 Å². The maximum atomic E-state index is 13.6.